The molecule has 0 radical (unpaired) electrons. The Labute approximate surface area is 202 Å². The Balaban J connectivity index is 1.94. The van der Waals surface area contributed by atoms with Crippen LogP contribution in [0.4, 0.5) is 0 Å². The average molecular weight is 487 g/mol. The summed E-state index contributed by atoms with van der Waals surface area (Å²) in [7, 11) is -4.15. The predicted octanol–water partition coefficient (Wildman–Crippen LogP) is 2.79. The zero-order chi connectivity index (χ0) is 25.0. The van der Waals surface area contributed by atoms with Crippen LogP contribution in [0.2, 0.25) is 0 Å². The molecule has 176 valence electrons. The van der Waals surface area contributed by atoms with Gasteiger partial charge in [-0.2, -0.15) is 13.5 Å². The van der Waals surface area contributed by atoms with E-state index in [1.807, 2.05) is 6.92 Å². The van der Waals surface area contributed by atoms with Gasteiger partial charge in [-0.05, 0) is 36.8 Å². The summed E-state index contributed by atoms with van der Waals surface area (Å²) in [6.07, 6.45) is 0. The van der Waals surface area contributed by atoms with Crippen molar-refractivity contribution in [2.75, 3.05) is 0 Å². The minimum absolute atomic E-state index is 0.00469. The van der Waals surface area contributed by atoms with Gasteiger partial charge in [0.25, 0.3) is 10.0 Å². The maximum atomic E-state index is 13.0. The fourth-order valence-electron chi connectivity index (χ4n) is 3.50. The Bertz CT molecular complexity index is 1550. The van der Waals surface area contributed by atoms with E-state index in [4.69, 9.17) is 5.73 Å². The lowest BCUT2D eigenvalue weighted by molar-refractivity contribution is -0.120. The third-order valence-corrected chi connectivity index (χ3v) is 6.57. The number of aryl methyl sites for hydroxylation is 1. The number of carbonyl (C=O) groups is 2. The van der Waals surface area contributed by atoms with Crippen molar-refractivity contribution in [2.45, 2.75) is 17.9 Å². The minimum atomic E-state index is -4.15. The van der Waals surface area contributed by atoms with E-state index in [9.17, 15) is 18.0 Å². The van der Waals surface area contributed by atoms with Crippen LogP contribution < -0.4 is 11.2 Å². The number of aromatic nitrogens is 2. The summed E-state index contributed by atoms with van der Waals surface area (Å²) >= 11 is 0. The lowest BCUT2D eigenvalue weighted by atomic mass is 10.1. The molecule has 4 aromatic rings. The first-order valence-electron chi connectivity index (χ1n) is 10.7. The lowest BCUT2D eigenvalue weighted by Gasteiger charge is -2.18. The van der Waals surface area contributed by atoms with Gasteiger partial charge in [0.15, 0.2) is 11.5 Å². The van der Waals surface area contributed by atoms with E-state index in [1.165, 1.54) is 24.3 Å². The molecule has 0 aliphatic rings. The molecular formula is C26H22N4O4S. The van der Waals surface area contributed by atoms with Gasteiger partial charge in [0.05, 0.1) is 4.90 Å². The summed E-state index contributed by atoms with van der Waals surface area (Å²) in [4.78, 5) is 25.6. The highest BCUT2D eigenvalue weighted by atomic mass is 32.2. The standard InChI is InChI=1S/C26H22N4O4S/c1-18-12-14-21(15-13-18)35(33,34)29-23-17-16-22(25(31)20-10-6-3-7-11-20)28-30(23)24(26(27)32)19-8-4-2-5-9-19/h2-17,24H,1H3,(H2,27,32)/b29-23+. The smallest absolute Gasteiger partial charge is 0.284 e. The number of rotatable bonds is 7. The molecule has 1 unspecified atom stereocenters. The Morgan fingerprint density at radius 2 is 1.46 bits per heavy atom. The molecule has 3 aromatic carbocycles. The number of benzene rings is 3. The topological polar surface area (TPSA) is 124 Å². The molecule has 0 saturated carbocycles. The van der Waals surface area contributed by atoms with Gasteiger partial charge < -0.3 is 5.73 Å². The maximum absolute atomic E-state index is 13.0. The lowest BCUT2D eigenvalue weighted by Crippen LogP contribution is -2.38. The van der Waals surface area contributed by atoms with Crippen molar-refractivity contribution in [2.24, 2.45) is 10.1 Å². The van der Waals surface area contributed by atoms with Crippen LogP contribution in [0.1, 0.15) is 33.2 Å². The van der Waals surface area contributed by atoms with E-state index in [0.717, 1.165) is 10.2 Å². The molecule has 0 bridgehead atoms. The normalized spacial score (nSPS) is 12.8. The number of hydrogen-bond acceptors (Lipinski definition) is 5. The van der Waals surface area contributed by atoms with Crippen LogP contribution in [0.5, 0.6) is 0 Å². The SMILES string of the molecule is Cc1ccc(S(=O)(=O)/N=c2\ccc(C(=O)c3ccccc3)nn2C(C(N)=O)c2ccccc2)cc1. The van der Waals surface area contributed by atoms with Gasteiger partial charge in [-0.15, -0.1) is 4.40 Å². The summed E-state index contributed by atoms with van der Waals surface area (Å²) in [6, 6.07) is 24.7. The molecule has 0 spiro atoms. The second-order valence-electron chi connectivity index (χ2n) is 7.81. The van der Waals surface area contributed by atoms with Crippen LogP contribution in [-0.2, 0) is 14.8 Å². The molecule has 0 aliphatic heterocycles. The monoisotopic (exact) mass is 486 g/mol. The summed E-state index contributed by atoms with van der Waals surface area (Å²) in [6.45, 7) is 1.84. The van der Waals surface area contributed by atoms with Crippen molar-refractivity contribution < 1.29 is 18.0 Å². The van der Waals surface area contributed by atoms with E-state index in [2.05, 4.69) is 9.50 Å². The van der Waals surface area contributed by atoms with Crippen molar-refractivity contribution in [3.8, 4) is 0 Å². The Morgan fingerprint density at radius 1 is 0.857 bits per heavy atom. The Hall–Kier alpha value is -4.37. The molecule has 0 saturated heterocycles. The van der Waals surface area contributed by atoms with E-state index in [1.54, 1.807) is 72.8 Å². The van der Waals surface area contributed by atoms with Crippen molar-refractivity contribution >= 4 is 21.7 Å². The van der Waals surface area contributed by atoms with Gasteiger partial charge in [-0.1, -0.05) is 78.4 Å². The second-order valence-corrected chi connectivity index (χ2v) is 9.42. The highest BCUT2D eigenvalue weighted by Crippen LogP contribution is 2.17. The summed E-state index contributed by atoms with van der Waals surface area (Å²) in [5.41, 5.74) is 7.32. The van der Waals surface area contributed by atoms with E-state index in [-0.39, 0.29) is 16.1 Å². The number of carbonyl (C=O) groups excluding carboxylic acids is 2. The van der Waals surface area contributed by atoms with Crippen LogP contribution >= 0.6 is 0 Å². The first kappa shape index (κ1) is 23.8. The number of amides is 1. The number of primary amides is 1. The van der Waals surface area contributed by atoms with Gasteiger partial charge in [0.2, 0.25) is 11.7 Å². The minimum Gasteiger partial charge on any atom is -0.368 e. The Kier molecular flexibility index (Phi) is 6.70. The van der Waals surface area contributed by atoms with Crippen LogP contribution in [0.3, 0.4) is 0 Å². The van der Waals surface area contributed by atoms with Crippen molar-refractivity contribution in [3.05, 3.63) is 125 Å². The first-order valence-corrected chi connectivity index (χ1v) is 12.1. The van der Waals surface area contributed by atoms with Crippen molar-refractivity contribution in [3.63, 3.8) is 0 Å². The fraction of sp³-hybridized carbons (Fsp3) is 0.0769. The van der Waals surface area contributed by atoms with Crippen molar-refractivity contribution in [1.82, 2.24) is 9.78 Å². The fourth-order valence-corrected chi connectivity index (χ4v) is 4.47. The molecule has 1 atom stereocenters. The van der Waals surface area contributed by atoms with Gasteiger partial charge in [0.1, 0.15) is 5.69 Å². The molecular weight excluding hydrogens is 464 g/mol. The van der Waals surface area contributed by atoms with Gasteiger partial charge in [-0.3, -0.25) is 9.59 Å². The van der Waals surface area contributed by atoms with Gasteiger partial charge >= 0.3 is 0 Å². The molecule has 4 rings (SSSR count). The van der Waals surface area contributed by atoms with Gasteiger partial charge in [0, 0.05) is 5.56 Å². The highest BCUT2D eigenvalue weighted by Gasteiger charge is 2.24. The summed E-state index contributed by atoms with van der Waals surface area (Å²) in [5.74, 6) is -1.19. The molecule has 0 fully saturated rings. The van der Waals surface area contributed by atoms with Crippen LogP contribution in [0.15, 0.2) is 106 Å². The highest BCUT2D eigenvalue weighted by molar-refractivity contribution is 7.90. The predicted molar refractivity (Wildman–Crippen MR) is 130 cm³/mol. The van der Waals surface area contributed by atoms with Crippen LogP contribution in [0.25, 0.3) is 0 Å². The van der Waals surface area contributed by atoms with Gasteiger partial charge in [-0.25, -0.2) is 4.68 Å². The van der Waals surface area contributed by atoms with E-state index >= 15 is 0 Å². The Morgan fingerprint density at radius 3 is 2.06 bits per heavy atom. The zero-order valence-electron chi connectivity index (χ0n) is 18.8. The summed E-state index contributed by atoms with van der Waals surface area (Å²) < 4.78 is 31.1. The molecule has 0 aliphatic carbocycles. The number of hydrogen-bond donors (Lipinski definition) is 1. The molecule has 2 N–H and O–H groups in total. The molecule has 1 aromatic heterocycles. The van der Waals surface area contributed by atoms with E-state index < -0.39 is 27.8 Å². The first-order chi connectivity index (χ1) is 16.8. The molecule has 1 heterocycles. The largest absolute Gasteiger partial charge is 0.368 e. The maximum Gasteiger partial charge on any atom is 0.284 e. The van der Waals surface area contributed by atoms with Crippen LogP contribution in [0, 0.1) is 6.92 Å². The van der Waals surface area contributed by atoms with E-state index in [0.29, 0.717) is 11.1 Å². The third kappa shape index (κ3) is 5.25. The van der Waals surface area contributed by atoms with Crippen molar-refractivity contribution in [1.29, 1.82) is 0 Å². The average Bonchev–Trinajstić information content (AvgIpc) is 2.86. The quantitative estimate of drug-likeness (QED) is 0.402. The summed E-state index contributed by atoms with van der Waals surface area (Å²) in [5, 5.41) is 4.35. The number of ketones is 1. The molecule has 1 amide bonds. The molecule has 9 heteroatoms. The number of nitrogens with zero attached hydrogens (tertiary/aromatic N) is 3. The second kappa shape index (κ2) is 9.86. The number of sulfonamides is 1. The van der Waals surface area contributed by atoms with Crippen LogP contribution in [-0.4, -0.2) is 29.9 Å². The number of nitrogens with two attached hydrogens (primary N) is 1. The third-order valence-electron chi connectivity index (χ3n) is 5.27. The zero-order valence-corrected chi connectivity index (χ0v) is 19.6. The molecule has 35 heavy (non-hydrogen) atoms. The molecule has 8 nitrogen and oxygen atoms in total.